The molecule has 146 valence electrons. The predicted octanol–water partition coefficient (Wildman–Crippen LogP) is 2.96. The SMILES string of the molecule is CC(C)Oc1ccccc1NC(=O)CNS(=O)(=O)CCCc1ccccc1. The molecule has 2 aromatic rings. The molecule has 0 atom stereocenters. The van der Waals surface area contributed by atoms with Crippen molar-refractivity contribution < 1.29 is 17.9 Å². The lowest BCUT2D eigenvalue weighted by atomic mass is 10.1. The summed E-state index contributed by atoms with van der Waals surface area (Å²) in [6.45, 7) is 3.47. The van der Waals surface area contributed by atoms with Crippen molar-refractivity contribution >= 4 is 21.6 Å². The summed E-state index contributed by atoms with van der Waals surface area (Å²) >= 11 is 0. The zero-order valence-electron chi connectivity index (χ0n) is 15.6. The zero-order valence-corrected chi connectivity index (χ0v) is 16.5. The minimum absolute atomic E-state index is 0.0256. The minimum Gasteiger partial charge on any atom is -0.489 e. The van der Waals surface area contributed by atoms with Crippen LogP contribution in [0.15, 0.2) is 54.6 Å². The van der Waals surface area contributed by atoms with E-state index < -0.39 is 15.9 Å². The second-order valence-electron chi connectivity index (χ2n) is 6.44. The van der Waals surface area contributed by atoms with E-state index in [0.29, 0.717) is 24.3 Å². The van der Waals surface area contributed by atoms with Crippen LogP contribution in [0.25, 0.3) is 0 Å². The first kappa shape index (κ1) is 20.9. The molecule has 0 unspecified atom stereocenters. The molecule has 0 saturated heterocycles. The summed E-state index contributed by atoms with van der Waals surface area (Å²) in [6.07, 6.45) is 1.13. The third-order valence-corrected chi connectivity index (χ3v) is 5.11. The van der Waals surface area contributed by atoms with Gasteiger partial charge in [-0.2, -0.15) is 0 Å². The van der Waals surface area contributed by atoms with Gasteiger partial charge >= 0.3 is 0 Å². The van der Waals surface area contributed by atoms with Gasteiger partial charge in [0.25, 0.3) is 0 Å². The van der Waals surface area contributed by atoms with Gasteiger partial charge in [0, 0.05) is 0 Å². The fourth-order valence-electron chi connectivity index (χ4n) is 2.48. The van der Waals surface area contributed by atoms with Crippen molar-refractivity contribution in [3.8, 4) is 5.75 Å². The van der Waals surface area contributed by atoms with E-state index in [1.54, 1.807) is 18.2 Å². The fraction of sp³-hybridized carbons (Fsp3) is 0.350. The maximum atomic E-state index is 12.1. The van der Waals surface area contributed by atoms with Crippen LogP contribution in [0.5, 0.6) is 5.75 Å². The van der Waals surface area contributed by atoms with Gasteiger partial charge < -0.3 is 10.1 Å². The van der Waals surface area contributed by atoms with Crippen molar-refractivity contribution in [3.63, 3.8) is 0 Å². The monoisotopic (exact) mass is 390 g/mol. The molecule has 0 spiro atoms. The van der Waals surface area contributed by atoms with Crippen LogP contribution in [0, 0.1) is 0 Å². The average molecular weight is 391 g/mol. The van der Waals surface area contributed by atoms with Gasteiger partial charge in [-0.25, -0.2) is 13.1 Å². The minimum atomic E-state index is -3.51. The zero-order chi connectivity index (χ0) is 19.7. The number of aryl methyl sites for hydroxylation is 1. The molecule has 27 heavy (non-hydrogen) atoms. The van der Waals surface area contributed by atoms with Crippen molar-refractivity contribution in [3.05, 3.63) is 60.2 Å². The van der Waals surface area contributed by atoms with Crippen molar-refractivity contribution in [1.29, 1.82) is 0 Å². The molecular formula is C20H26N2O4S. The van der Waals surface area contributed by atoms with Gasteiger partial charge in [0.2, 0.25) is 15.9 Å². The second kappa shape index (κ2) is 10.1. The molecule has 2 aromatic carbocycles. The number of carbonyl (C=O) groups excluding carboxylic acids is 1. The molecule has 2 N–H and O–H groups in total. The second-order valence-corrected chi connectivity index (χ2v) is 8.37. The Kier molecular flexibility index (Phi) is 7.82. The van der Waals surface area contributed by atoms with Crippen LogP contribution in [0.1, 0.15) is 25.8 Å². The largest absolute Gasteiger partial charge is 0.489 e. The molecule has 7 heteroatoms. The first-order valence-corrected chi connectivity index (χ1v) is 10.6. The number of hydrogen-bond acceptors (Lipinski definition) is 4. The number of ether oxygens (including phenoxy) is 1. The van der Waals surface area contributed by atoms with Gasteiger partial charge in [-0.3, -0.25) is 4.79 Å². The highest BCUT2D eigenvalue weighted by molar-refractivity contribution is 7.89. The summed E-state index contributed by atoms with van der Waals surface area (Å²) in [4.78, 5) is 12.1. The Labute approximate surface area is 161 Å². The molecule has 0 aromatic heterocycles. The molecule has 0 radical (unpaired) electrons. The highest BCUT2D eigenvalue weighted by atomic mass is 32.2. The van der Waals surface area contributed by atoms with E-state index in [2.05, 4.69) is 10.0 Å². The molecule has 0 aliphatic rings. The standard InChI is InChI=1S/C20H26N2O4S/c1-16(2)26-19-13-7-6-12-18(19)22-20(23)15-21-27(24,25)14-8-11-17-9-4-3-5-10-17/h3-7,9-10,12-13,16,21H,8,11,14-15H2,1-2H3,(H,22,23). The molecule has 0 saturated carbocycles. The van der Waals surface area contributed by atoms with Crippen LogP contribution >= 0.6 is 0 Å². The lowest BCUT2D eigenvalue weighted by Crippen LogP contribution is -2.34. The van der Waals surface area contributed by atoms with Gasteiger partial charge in [0.1, 0.15) is 5.75 Å². The van der Waals surface area contributed by atoms with E-state index >= 15 is 0 Å². The molecule has 0 heterocycles. The van der Waals surface area contributed by atoms with E-state index in [-0.39, 0.29) is 18.4 Å². The number of sulfonamides is 1. The summed E-state index contributed by atoms with van der Waals surface area (Å²) in [5.41, 5.74) is 1.60. The maximum absolute atomic E-state index is 12.1. The Hall–Kier alpha value is -2.38. The molecule has 0 aliphatic carbocycles. The van der Waals surface area contributed by atoms with E-state index in [1.807, 2.05) is 50.2 Å². The molecule has 0 bridgehead atoms. The first-order valence-electron chi connectivity index (χ1n) is 8.92. The summed E-state index contributed by atoms with van der Waals surface area (Å²) in [7, 11) is -3.51. The summed E-state index contributed by atoms with van der Waals surface area (Å²) < 4.78 is 32.1. The van der Waals surface area contributed by atoms with Crippen LogP contribution in [-0.2, 0) is 21.2 Å². The fourth-order valence-corrected chi connectivity index (χ4v) is 3.50. The third kappa shape index (κ3) is 7.80. The Morgan fingerprint density at radius 1 is 1.04 bits per heavy atom. The number of nitrogens with one attached hydrogen (secondary N) is 2. The molecule has 6 nitrogen and oxygen atoms in total. The quantitative estimate of drug-likeness (QED) is 0.653. The lowest BCUT2D eigenvalue weighted by Gasteiger charge is -2.15. The number of rotatable bonds is 10. The first-order chi connectivity index (χ1) is 12.9. The number of para-hydroxylation sites is 2. The summed E-state index contributed by atoms with van der Waals surface area (Å²) in [6, 6.07) is 16.7. The van der Waals surface area contributed by atoms with Crippen LogP contribution < -0.4 is 14.8 Å². The van der Waals surface area contributed by atoms with E-state index in [1.165, 1.54) is 0 Å². The Morgan fingerprint density at radius 3 is 2.41 bits per heavy atom. The van der Waals surface area contributed by atoms with Crippen molar-refractivity contribution in [1.82, 2.24) is 4.72 Å². The van der Waals surface area contributed by atoms with Crippen molar-refractivity contribution in [2.45, 2.75) is 32.8 Å². The summed E-state index contributed by atoms with van der Waals surface area (Å²) in [5.74, 6) is 0.0791. The van der Waals surface area contributed by atoms with Crippen LogP contribution in [0.3, 0.4) is 0 Å². The number of hydrogen-bond donors (Lipinski definition) is 2. The van der Waals surface area contributed by atoms with Crippen LogP contribution in [0.4, 0.5) is 5.69 Å². The Bertz CT molecular complexity index is 836. The molecular weight excluding hydrogens is 364 g/mol. The Balaban J connectivity index is 1.80. The van der Waals surface area contributed by atoms with E-state index in [4.69, 9.17) is 4.74 Å². The number of benzene rings is 2. The number of carbonyl (C=O) groups is 1. The number of amides is 1. The normalized spacial score (nSPS) is 11.4. The van der Waals surface area contributed by atoms with Gasteiger partial charge in [-0.1, -0.05) is 42.5 Å². The lowest BCUT2D eigenvalue weighted by molar-refractivity contribution is -0.115. The van der Waals surface area contributed by atoms with Gasteiger partial charge in [0.05, 0.1) is 24.1 Å². The van der Waals surface area contributed by atoms with Crippen LogP contribution in [-0.4, -0.2) is 32.7 Å². The highest BCUT2D eigenvalue weighted by Gasteiger charge is 2.14. The third-order valence-electron chi connectivity index (χ3n) is 3.70. The molecule has 0 aliphatic heterocycles. The smallest absolute Gasteiger partial charge is 0.239 e. The van der Waals surface area contributed by atoms with Gasteiger partial charge in [-0.15, -0.1) is 0 Å². The van der Waals surface area contributed by atoms with Crippen molar-refractivity contribution in [2.75, 3.05) is 17.6 Å². The van der Waals surface area contributed by atoms with Crippen molar-refractivity contribution in [2.24, 2.45) is 0 Å². The van der Waals surface area contributed by atoms with E-state index in [9.17, 15) is 13.2 Å². The highest BCUT2D eigenvalue weighted by Crippen LogP contribution is 2.24. The predicted molar refractivity (Wildman–Crippen MR) is 107 cm³/mol. The van der Waals surface area contributed by atoms with Gasteiger partial charge in [-0.05, 0) is 44.4 Å². The number of anilines is 1. The topological polar surface area (TPSA) is 84.5 Å². The Morgan fingerprint density at radius 2 is 1.70 bits per heavy atom. The average Bonchev–Trinajstić information content (AvgIpc) is 2.62. The summed E-state index contributed by atoms with van der Waals surface area (Å²) in [5, 5.41) is 2.68. The molecule has 2 rings (SSSR count). The molecule has 1 amide bonds. The molecule has 0 fully saturated rings. The van der Waals surface area contributed by atoms with Gasteiger partial charge in [0.15, 0.2) is 0 Å². The maximum Gasteiger partial charge on any atom is 0.239 e. The van der Waals surface area contributed by atoms with Crippen LogP contribution in [0.2, 0.25) is 0 Å². The van der Waals surface area contributed by atoms with E-state index in [0.717, 1.165) is 5.56 Å².